The van der Waals surface area contributed by atoms with Gasteiger partial charge in [0.15, 0.2) is 0 Å². The molecule has 0 aliphatic carbocycles. The lowest BCUT2D eigenvalue weighted by molar-refractivity contribution is 0.0530. The van der Waals surface area contributed by atoms with Gasteiger partial charge in [-0.1, -0.05) is 13.8 Å². The van der Waals surface area contributed by atoms with Crippen molar-refractivity contribution in [1.29, 1.82) is 0 Å². The average molecular weight is 270 g/mol. The maximum Gasteiger partial charge on any atom is 0.116 e. The van der Waals surface area contributed by atoms with E-state index in [0.717, 1.165) is 25.4 Å². The molecule has 0 spiro atoms. The van der Waals surface area contributed by atoms with E-state index in [-0.39, 0.29) is 5.92 Å². The molecule has 3 atom stereocenters. The molecule has 0 saturated carbocycles. The number of piperidine rings is 1. The largest absolute Gasteiger partial charge is 0.301 e. The highest BCUT2D eigenvalue weighted by Crippen LogP contribution is 2.28. The summed E-state index contributed by atoms with van der Waals surface area (Å²) in [7, 11) is 0. The molecule has 3 heteroatoms. The lowest BCUT2D eigenvalue weighted by atomic mass is 9.85. The zero-order valence-electron chi connectivity index (χ0n) is 13.1. The normalized spacial score (nSPS) is 34.6. The minimum Gasteiger partial charge on any atom is -0.301 e. The molecule has 112 valence electrons. The molecule has 0 amide bonds. The number of likely N-dealkylation sites (tertiary alicyclic amines) is 2. The standard InChI is InChI=1S/C16H31FN2/c1-12(2)15-6-7-18(11-16(15)17)9-14-5-8-19(10-14)13(3)4/h12-16H,5-11H2,1-4H3/t14-,15+,16-/m1/s1. The summed E-state index contributed by atoms with van der Waals surface area (Å²) in [4.78, 5) is 4.93. The summed E-state index contributed by atoms with van der Waals surface area (Å²) in [6.07, 6.45) is 1.72. The van der Waals surface area contributed by atoms with Crippen molar-refractivity contribution in [3.63, 3.8) is 0 Å². The van der Waals surface area contributed by atoms with Gasteiger partial charge >= 0.3 is 0 Å². The fourth-order valence-corrected chi connectivity index (χ4v) is 3.75. The summed E-state index contributed by atoms with van der Waals surface area (Å²) in [5.74, 6) is 1.53. The first-order valence-electron chi connectivity index (χ1n) is 8.07. The average Bonchev–Trinajstić information content (AvgIpc) is 2.77. The van der Waals surface area contributed by atoms with Gasteiger partial charge in [0.1, 0.15) is 6.17 Å². The Balaban J connectivity index is 1.76. The summed E-state index contributed by atoms with van der Waals surface area (Å²) in [6.45, 7) is 14.2. The highest BCUT2D eigenvalue weighted by molar-refractivity contribution is 4.85. The number of alkyl halides is 1. The minimum atomic E-state index is -0.614. The van der Waals surface area contributed by atoms with Gasteiger partial charge in [-0.2, -0.15) is 0 Å². The van der Waals surface area contributed by atoms with Crippen molar-refractivity contribution in [3.05, 3.63) is 0 Å². The van der Waals surface area contributed by atoms with Gasteiger partial charge in [-0.05, 0) is 57.5 Å². The van der Waals surface area contributed by atoms with Crippen molar-refractivity contribution in [2.45, 2.75) is 52.8 Å². The highest BCUT2D eigenvalue weighted by atomic mass is 19.1. The van der Waals surface area contributed by atoms with Crippen LogP contribution in [0.5, 0.6) is 0 Å². The Hall–Kier alpha value is -0.150. The molecule has 0 bridgehead atoms. The van der Waals surface area contributed by atoms with Crippen LogP contribution >= 0.6 is 0 Å². The van der Waals surface area contributed by atoms with Crippen LogP contribution < -0.4 is 0 Å². The second-order valence-electron chi connectivity index (χ2n) is 7.22. The molecule has 2 heterocycles. The number of hydrogen-bond acceptors (Lipinski definition) is 2. The Morgan fingerprint density at radius 3 is 2.32 bits per heavy atom. The molecule has 0 aromatic rings. The Labute approximate surface area is 118 Å². The quantitative estimate of drug-likeness (QED) is 0.775. The molecule has 0 radical (unpaired) electrons. The third-order valence-electron chi connectivity index (χ3n) is 5.10. The summed E-state index contributed by atoms with van der Waals surface area (Å²) >= 11 is 0. The maximum absolute atomic E-state index is 14.2. The first kappa shape index (κ1) is 15.2. The zero-order chi connectivity index (χ0) is 14.0. The van der Waals surface area contributed by atoms with Gasteiger partial charge in [-0.3, -0.25) is 0 Å². The number of halogens is 1. The molecule has 2 aliphatic heterocycles. The Morgan fingerprint density at radius 1 is 1.05 bits per heavy atom. The third-order valence-corrected chi connectivity index (χ3v) is 5.10. The zero-order valence-corrected chi connectivity index (χ0v) is 13.1. The van der Waals surface area contributed by atoms with Gasteiger partial charge in [-0.25, -0.2) is 4.39 Å². The molecule has 0 aromatic carbocycles. The summed E-state index contributed by atoms with van der Waals surface area (Å²) < 4.78 is 14.2. The molecule has 0 N–H and O–H groups in total. The van der Waals surface area contributed by atoms with Crippen LogP contribution in [-0.4, -0.2) is 54.7 Å². The van der Waals surface area contributed by atoms with Crippen LogP contribution in [0.25, 0.3) is 0 Å². The van der Waals surface area contributed by atoms with Crippen LogP contribution in [-0.2, 0) is 0 Å². The van der Waals surface area contributed by atoms with Gasteiger partial charge in [0.25, 0.3) is 0 Å². The van der Waals surface area contributed by atoms with E-state index in [9.17, 15) is 4.39 Å². The van der Waals surface area contributed by atoms with E-state index in [1.54, 1.807) is 0 Å². The first-order valence-corrected chi connectivity index (χ1v) is 8.07. The maximum atomic E-state index is 14.2. The van der Waals surface area contributed by atoms with E-state index in [1.165, 1.54) is 19.5 Å². The van der Waals surface area contributed by atoms with E-state index in [1.807, 2.05) is 0 Å². The van der Waals surface area contributed by atoms with Crippen LogP contribution in [0.15, 0.2) is 0 Å². The van der Waals surface area contributed by atoms with E-state index >= 15 is 0 Å². The first-order chi connectivity index (χ1) is 8.97. The van der Waals surface area contributed by atoms with Crippen LogP contribution in [0.2, 0.25) is 0 Å². The van der Waals surface area contributed by atoms with Crippen LogP contribution in [0.1, 0.15) is 40.5 Å². The topological polar surface area (TPSA) is 6.48 Å². The van der Waals surface area contributed by atoms with Crippen molar-refractivity contribution in [2.24, 2.45) is 17.8 Å². The molecule has 2 saturated heterocycles. The monoisotopic (exact) mass is 270 g/mol. The SMILES string of the molecule is CC(C)[C@@H]1CCN(C[C@H]2CCN(C(C)C)C2)C[C@H]1F. The fourth-order valence-electron chi connectivity index (χ4n) is 3.75. The molecule has 0 unspecified atom stereocenters. The van der Waals surface area contributed by atoms with Gasteiger partial charge in [0, 0.05) is 25.7 Å². The van der Waals surface area contributed by atoms with E-state index in [4.69, 9.17) is 0 Å². The van der Waals surface area contributed by atoms with Gasteiger partial charge in [0.05, 0.1) is 0 Å². The second-order valence-corrected chi connectivity index (χ2v) is 7.22. The Bertz CT molecular complexity index is 280. The Morgan fingerprint density at radius 2 is 1.79 bits per heavy atom. The molecule has 0 aromatic heterocycles. The number of nitrogens with zero attached hydrogens (tertiary/aromatic N) is 2. The van der Waals surface area contributed by atoms with Crippen molar-refractivity contribution in [2.75, 3.05) is 32.7 Å². The van der Waals surface area contributed by atoms with Crippen molar-refractivity contribution < 1.29 is 4.39 Å². The van der Waals surface area contributed by atoms with Crippen LogP contribution in [0, 0.1) is 17.8 Å². The third kappa shape index (κ3) is 3.91. The smallest absolute Gasteiger partial charge is 0.116 e. The highest BCUT2D eigenvalue weighted by Gasteiger charge is 2.33. The van der Waals surface area contributed by atoms with Gasteiger partial charge in [-0.15, -0.1) is 0 Å². The number of hydrogen-bond donors (Lipinski definition) is 0. The minimum absolute atomic E-state index is 0.284. The summed E-state index contributed by atoms with van der Waals surface area (Å²) in [5.41, 5.74) is 0. The molecule has 19 heavy (non-hydrogen) atoms. The Kier molecular flexibility index (Phi) is 5.24. The van der Waals surface area contributed by atoms with E-state index in [0.29, 0.717) is 18.5 Å². The predicted molar refractivity (Wildman–Crippen MR) is 79.1 cm³/mol. The summed E-state index contributed by atoms with van der Waals surface area (Å²) in [6, 6.07) is 0.658. The fraction of sp³-hybridized carbons (Fsp3) is 1.00. The van der Waals surface area contributed by atoms with Crippen LogP contribution in [0.3, 0.4) is 0 Å². The van der Waals surface area contributed by atoms with Gasteiger partial charge < -0.3 is 9.80 Å². The van der Waals surface area contributed by atoms with Crippen LogP contribution in [0.4, 0.5) is 4.39 Å². The van der Waals surface area contributed by atoms with Crippen molar-refractivity contribution in [3.8, 4) is 0 Å². The molecule has 2 fully saturated rings. The summed E-state index contributed by atoms with van der Waals surface area (Å²) in [5, 5.41) is 0. The number of rotatable bonds is 4. The molecule has 2 nitrogen and oxygen atoms in total. The van der Waals surface area contributed by atoms with Crippen molar-refractivity contribution >= 4 is 0 Å². The van der Waals surface area contributed by atoms with Crippen molar-refractivity contribution in [1.82, 2.24) is 9.80 Å². The second kappa shape index (κ2) is 6.53. The lowest BCUT2D eigenvalue weighted by Gasteiger charge is -2.37. The molecule has 2 aliphatic rings. The molecular weight excluding hydrogens is 239 g/mol. The van der Waals surface area contributed by atoms with E-state index < -0.39 is 6.17 Å². The van der Waals surface area contributed by atoms with Gasteiger partial charge in [0.2, 0.25) is 0 Å². The van der Waals surface area contributed by atoms with E-state index in [2.05, 4.69) is 37.5 Å². The lowest BCUT2D eigenvalue weighted by Crippen LogP contribution is -2.45. The molecular formula is C16H31FN2. The predicted octanol–water partition coefficient (Wildman–Crippen LogP) is 3.03. The molecule has 2 rings (SSSR count).